The van der Waals surface area contributed by atoms with Crippen molar-refractivity contribution >= 4 is 17.3 Å². The van der Waals surface area contributed by atoms with Crippen LogP contribution in [0.15, 0.2) is 18.2 Å². The van der Waals surface area contributed by atoms with Crippen LogP contribution >= 0.6 is 0 Å². The lowest BCUT2D eigenvalue weighted by Gasteiger charge is -2.26. The van der Waals surface area contributed by atoms with Gasteiger partial charge in [-0.25, -0.2) is 0 Å². The van der Waals surface area contributed by atoms with E-state index >= 15 is 0 Å². The van der Waals surface area contributed by atoms with Crippen LogP contribution in [0.4, 0.5) is 11.4 Å². The van der Waals surface area contributed by atoms with E-state index in [1.165, 1.54) is 12.1 Å². The molecular formula is C12H15N3O3. The molecule has 0 radical (unpaired) electrons. The lowest BCUT2D eigenvalue weighted by molar-refractivity contribution is -0.384. The topological polar surface area (TPSA) is 75.5 Å². The van der Waals surface area contributed by atoms with E-state index in [9.17, 15) is 14.9 Å². The predicted molar refractivity (Wildman–Crippen MR) is 67.7 cm³/mol. The van der Waals surface area contributed by atoms with Gasteiger partial charge in [0.2, 0.25) is 0 Å². The molecule has 1 aromatic rings. The normalized spacial score (nSPS) is 23.1. The summed E-state index contributed by atoms with van der Waals surface area (Å²) in [7, 11) is 1.71. The zero-order chi connectivity index (χ0) is 13.4. The molecule has 6 nitrogen and oxygen atoms in total. The number of nitro benzene ring substituents is 1. The molecule has 0 saturated carbocycles. The standard InChI is InChI=1S/C12H15N3O3/c1-7-8(2)14(3)12(16)9-5-4-6-10(15(17)18)11(9)13-7/h4-8,13H,1-3H3. The average Bonchev–Trinajstić information content (AvgIpc) is 2.42. The summed E-state index contributed by atoms with van der Waals surface area (Å²) in [6.45, 7) is 3.81. The SMILES string of the molecule is CC1Nc2c(cccc2[N+](=O)[O-])C(=O)N(C)C1C. The lowest BCUT2D eigenvalue weighted by Crippen LogP contribution is -2.41. The van der Waals surface area contributed by atoms with Crippen molar-refractivity contribution in [3.63, 3.8) is 0 Å². The maximum Gasteiger partial charge on any atom is 0.293 e. The molecule has 6 heteroatoms. The second kappa shape index (κ2) is 4.29. The summed E-state index contributed by atoms with van der Waals surface area (Å²) in [5.41, 5.74) is 0.606. The zero-order valence-corrected chi connectivity index (χ0v) is 10.5. The second-order valence-corrected chi connectivity index (χ2v) is 4.55. The minimum Gasteiger partial charge on any atom is -0.374 e. The Labute approximate surface area is 105 Å². The number of carbonyl (C=O) groups is 1. The average molecular weight is 249 g/mol. The highest BCUT2D eigenvalue weighted by atomic mass is 16.6. The minimum absolute atomic E-state index is 0.0375. The first kappa shape index (κ1) is 12.3. The molecule has 2 atom stereocenters. The molecule has 0 aromatic heterocycles. The number of para-hydroxylation sites is 1. The van der Waals surface area contributed by atoms with Gasteiger partial charge in [-0.3, -0.25) is 14.9 Å². The third-order valence-corrected chi connectivity index (χ3v) is 3.50. The van der Waals surface area contributed by atoms with Gasteiger partial charge >= 0.3 is 0 Å². The van der Waals surface area contributed by atoms with Gasteiger partial charge in [0.25, 0.3) is 11.6 Å². The molecule has 0 spiro atoms. The van der Waals surface area contributed by atoms with Gasteiger partial charge < -0.3 is 10.2 Å². The van der Waals surface area contributed by atoms with Crippen molar-refractivity contribution in [2.75, 3.05) is 12.4 Å². The van der Waals surface area contributed by atoms with Gasteiger partial charge in [-0.1, -0.05) is 6.07 Å². The molecule has 1 amide bonds. The summed E-state index contributed by atoms with van der Waals surface area (Å²) in [5.74, 6) is -0.196. The van der Waals surface area contributed by atoms with Crippen molar-refractivity contribution in [1.82, 2.24) is 4.90 Å². The summed E-state index contributed by atoms with van der Waals surface area (Å²) in [5, 5.41) is 14.1. The molecule has 2 rings (SSSR count). The van der Waals surface area contributed by atoms with E-state index in [4.69, 9.17) is 0 Å². The number of rotatable bonds is 1. The summed E-state index contributed by atoms with van der Waals surface area (Å²) in [4.78, 5) is 24.4. The number of nitro groups is 1. The molecule has 0 aliphatic carbocycles. The van der Waals surface area contributed by atoms with E-state index in [-0.39, 0.29) is 23.7 Å². The number of likely N-dealkylation sites (N-methyl/N-ethyl adjacent to an activating group) is 1. The highest BCUT2D eigenvalue weighted by molar-refractivity contribution is 6.02. The fourth-order valence-electron chi connectivity index (χ4n) is 2.08. The van der Waals surface area contributed by atoms with E-state index in [2.05, 4.69) is 5.32 Å². The van der Waals surface area contributed by atoms with Crippen LogP contribution in [0, 0.1) is 10.1 Å². The molecular weight excluding hydrogens is 234 g/mol. The summed E-state index contributed by atoms with van der Waals surface area (Å²) in [6.07, 6.45) is 0. The first-order chi connectivity index (χ1) is 8.43. The van der Waals surface area contributed by atoms with Gasteiger partial charge in [-0.05, 0) is 19.9 Å². The first-order valence-corrected chi connectivity index (χ1v) is 5.74. The minimum atomic E-state index is -0.470. The van der Waals surface area contributed by atoms with Crippen molar-refractivity contribution < 1.29 is 9.72 Å². The van der Waals surface area contributed by atoms with Crippen LogP contribution in [-0.2, 0) is 0 Å². The summed E-state index contributed by atoms with van der Waals surface area (Å²) >= 11 is 0. The molecule has 1 N–H and O–H groups in total. The molecule has 1 aromatic carbocycles. The Kier molecular flexibility index (Phi) is 2.94. The van der Waals surface area contributed by atoms with Crippen LogP contribution in [0.5, 0.6) is 0 Å². The maximum atomic E-state index is 12.2. The second-order valence-electron chi connectivity index (χ2n) is 4.55. The largest absolute Gasteiger partial charge is 0.374 e. The smallest absolute Gasteiger partial charge is 0.293 e. The van der Waals surface area contributed by atoms with Gasteiger partial charge in [0.1, 0.15) is 5.69 Å². The number of fused-ring (bicyclic) bond motifs is 1. The zero-order valence-electron chi connectivity index (χ0n) is 10.5. The third kappa shape index (κ3) is 1.79. The van der Waals surface area contributed by atoms with Gasteiger partial charge in [-0.2, -0.15) is 0 Å². The van der Waals surface area contributed by atoms with Crippen LogP contribution in [0.1, 0.15) is 24.2 Å². The number of benzene rings is 1. The molecule has 1 aliphatic heterocycles. The summed E-state index contributed by atoms with van der Waals surface area (Å²) < 4.78 is 0. The molecule has 96 valence electrons. The van der Waals surface area contributed by atoms with Crippen molar-refractivity contribution in [3.05, 3.63) is 33.9 Å². The number of nitrogens with one attached hydrogen (secondary N) is 1. The number of hydrogen-bond donors (Lipinski definition) is 1. The van der Waals surface area contributed by atoms with E-state index in [1.807, 2.05) is 13.8 Å². The molecule has 0 bridgehead atoms. The molecule has 1 heterocycles. The van der Waals surface area contributed by atoms with Crippen LogP contribution < -0.4 is 5.32 Å². The third-order valence-electron chi connectivity index (χ3n) is 3.50. The van der Waals surface area contributed by atoms with Gasteiger partial charge in [-0.15, -0.1) is 0 Å². The number of carbonyl (C=O) groups excluding carboxylic acids is 1. The highest BCUT2D eigenvalue weighted by Crippen LogP contribution is 2.32. The van der Waals surface area contributed by atoms with Crippen LogP contribution in [0.2, 0.25) is 0 Å². The number of anilines is 1. The number of nitrogens with zero attached hydrogens (tertiary/aromatic N) is 2. The maximum absolute atomic E-state index is 12.2. The summed E-state index contributed by atoms with van der Waals surface area (Å²) in [6, 6.07) is 4.46. The van der Waals surface area contributed by atoms with Crippen molar-refractivity contribution in [2.45, 2.75) is 25.9 Å². The van der Waals surface area contributed by atoms with E-state index in [1.54, 1.807) is 18.0 Å². The fraction of sp³-hybridized carbons (Fsp3) is 0.417. The van der Waals surface area contributed by atoms with E-state index in [0.717, 1.165) is 0 Å². The Morgan fingerprint density at radius 2 is 2.06 bits per heavy atom. The van der Waals surface area contributed by atoms with Gasteiger partial charge in [0, 0.05) is 25.2 Å². The Morgan fingerprint density at radius 3 is 2.67 bits per heavy atom. The Hall–Kier alpha value is -2.11. The quantitative estimate of drug-likeness (QED) is 0.609. The molecule has 0 fully saturated rings. The van der Waals surface area contributed by atoms with E-state index < -0.39 is 4.92 Å². The van der Waals surface area contributed by atoms with Gasteiger partial charge in [0.05, 0.1) is 10.5 Å². The highest BCUT2D eigenvalue weighted by Gasteiger charge is 2.32. The van der Waals surface area contributed by atoms with Crippen LogP contribution in [0.25, 0.3) is 0 Å². The Balaban J connectivity index is 2.62. The van der Waals surface area contributed by atoms with Gasteiger partial charge in [0.15, 0.2) is 0 Å². The van der Waals surface area contributed by atoms with Crippen molar-refractivity contribution in [2.24, 2.45) is 0 Å². The van der Waals surface area contributed by atoms with E-state index in [0.29, 0.717) is 11.3 Å². The predicted octanol–water partition coefficient (Wildman–Crippen LogP) is 1.87. The van der Waals surface area contributed by atoms with Crippen molar-refractivity contribution in [1.29, 1.82) is 0 Å². The molecule has 18 heavy (non-hydrogen) atoms. The Bertz CT molecular complexity index is 515. The van der Waals surface area contributed by atoms with Crippen LogP contribution in [0.3, 0.4) is 0 Å². The monoisotopic (exact) mass is 249 g/mol. The first-order valence-electron chi connectivity index (χ1n) is 5.74. The molecule has 0 saturated heterocycles. The fourth-order valence-corrected chi connectivity index (χ4v) is 2.08. The van der Waals surface area contributed by atoms with Crippen molar-refractivity contribution in [3.8, 4) is 0 Å². The molecule has 1 aliphatic rings. The molecule has 2 unspecified atom stereocenters. The lowest BCUT2D eigenvalue weighted by atomic mass is 10.1. The number of amides is 1. The Morgan fingerprint density at radius 1 is 1.39 bits per heavy atom. The number of hydrogen-bond acceptors (Lipinski definition) is 4. The van der Waals surface area contributed by atoms with Crippen LogP contribution in [-0.4, -0.2) is 34.9 Å².